The van der Waals surface area contributed by atoms with Crippen molar-refractivity contribution in [2.45, 2.75) is 12.8 Å². The number of carbonyl (C=O) groups excluding carboxylic acids is 3. The molecule has 0 saturated carbocycles. The van der Waals surface area contributed by atoms with Gasteiger partial charge in [0.25, 0.3) is 5.91 Å². The summed E-state index contributed by atoms with van der Waals surface area (Å²) >= 11 is 1.60. The molecule has 0 aliphatic carbocycles. The molecule has 0 aliphatic rings. The summed E-state index contributed by atoms with van der Waals surface area (Å²) in [6.07, 6.45) is 0.605. The second-order valence-electron chi connectivity index (χ2n) is 6.11. The fourth-order valence-corrected chi connectivity index (χ4v) is 3.38. The number of nitrogen functional groups attached to an aromatic ring is 1. The maximum Gasteiger partial charge on any atom is 0.255 e. The Morgan fingerprint density at radius 2 is 1.81 bits per heavy atom. The molecule has 1 atom stereocenters. The van der Waals surface area contributed by atoms with Gasteiger partial charge in [-0.3, -0.25) is 9.59 Å². The number of hydrogen-bond acceptors (Lipinski definition) is 5. The van der Waals surface area contributed by atoms with Crippen LogP contribution in [0.25, 0.3) is 11.1 Å². The number of nitrogens with one attached hydrogen (secondary N) is 1. The van der Waals surface area contributed by atoms with Crippen LogP contribution in [0.15, 0.2) is 59.3 Å². The molecular formula is C21H18N2O3S. The summed E-state index contributed by atoms with van der Waals surface area (Å²) in [5.41, 5.74) is 9.99. The minimum Gasteiger partial charge on any atom is -0.397 e. The molecule has 136 valence electrons. The van der Waals surface area contributed by atoms with Gasteiger partial charge in [-0.05, 0) is 64.7 Å². The van der Waals surface area contributed by atoms with Gasteiger partial charge in [0.2, 0.25) is 0 Å². The van der Waals surface area contributed by atoms with Crippen LogP contribution in [0.4, 0.5) is 11.4 Å². The molecule has 0 spiro atoms. The van der Waals surface area contributed by atoms with E-state index in [1.165, 1.54) is 6.92 Å². The minimum atomic E-state index is -0.806. The van der Waals surface area contributed by atoms with Crippen LogP contribution in [0.2, 0.25) is 0 Å². The van der Waals surface area contributed by atoms with Crippen molar-refractivity contribution in [2.75, 3.05) is 11.1 Å². The molecule has 27 heavy (non-hydrogen) atoms. The number of hydrogen-bond donors (Lipinski definition) is 2. The van der Waals surface area contributed by atoms with Crippen molar-refractivity contribution < 1.29 is 14.4 Å². The van der Waals surface area contributed by atoms with Crippen LogP contribution in [0.1, 0.15) is 28.8 Å². The summed E-state index contributed by atoms with van der Waals surface area (Å²) in [5, 5.41) is 6.82. The number of Topliss-reactive ketones (excluding diaryl/α,β-unsaturated/α-hetero) is 1. The molecule has 6 heteroatoms. The molecule has 1 aromatic heterocycles. The Morgan fingerprint density at radius 1 is 1.07 bits per heavy atom. The molecule has 2 aromatic carbocycles. The van der Waals surface area contributed by atoms with E-state index < -0.39 is 5.92 Å². The summed E-state index contributed by atoms with van der Waals surface area (Å²) in [7, 11) is 0. The van der Waals surface area contributed by atoms with Gasteiger partial charge in [0, 0.05) is 5.56 Å². The van der Waals surface area contributed by atoms with Gasteiger partial charge in [-0.1, -0.05) is 18.2 Å². The molecule has 5 nitrogen and oxygen atoms in total. The Labute approximate surface area is 160 Å². The van der Waals surface area contributed by atoms with Crippen molar-refractivity contribution in [1.29, 1.82) is 0 Å². The topological polar surface area (TPSA) is 89.3 Å². The van der Waals surface area contributed by atoms with Gasteiger partial charge in [0.1, 0.15) is 12.1 Å². The SMILES string of the molecule is CC(=O)C(C=O)c1ccc(C(=O)Nc2cc(-c3ccsc3)ccc2N)cc1. The maximum absolute atomic E-state index is 12.5. The number of amides is 1. The normalized spacial score (nSPS) is 11.6. The lowest BCUT2D eigenvalue weighted by Crippen LogP contribution is -2.14. The Balaban J connectivity index is 1.80. The van der Waals surface area contributed by atoms with Crippen LogP contribution in [0.3, 0.4) is 0 Å². The number of ketones is 1. The highest BCUT2D eigenvalue weighted by Crippen LogP contribution is 2.29. The number of benzene rings is 2. The summed E-state index contributed by atoms with van der Waals surface area (Å²) in [6.45, 7) is 1.36. The zero-order valence-electron chi connectivity index (χ0n) is 14.6. The van der Waals surface area contributed by atoms with Gasteiger partial charge < -0.3 is 15.8 Å². The first-order valence-electron chi connectivity index (χ1n) is 8.28. The van der Waals surface area contributed by atoms with Crippen LogP contribution in [0, 0.1) is 0 Å². The average Bonchev–Trinajstić information content (AvgIpc) is 3.19. The van der Waals surface area contributed by atoms with Gasteiger partial charge in [-0.15, -0.1) is 0 Å². The van der Waals surface area contributed by atoms with Crippen molar-refractivity contribution in [1.82, 2.24) is 0 Å². The van der Waals surface area contributed by atoms with Gasteiger partial charge in [0.15, 0.2) is 0 Å². The first kappa shape index (κ1) is 18.5. The fraction of sp³-hybridized carbons (Fsp3) is 0.0952. The third-order valence-corrected chi connectivity index (χ3v) is 4.95. The van der Waals surface area contributed by atoms with E-state index in [2.05, 4.69) is 5.32 Å². The maximum atomic E-state index is 12.5. The van der Waals surface area contributed by atoms with E-state index in [1.807, 2.05) is 29.0 Å². The number of carbonyl (C=O) groups is 3. The number of rotatable bonds is 6. The quantitative estimate of drug-likeness (QED) is 0.384. The predicted molar refractivity (Wildman–Crippen MR) is 108 cm³/mol. The number of anilines is 2. The van der Waals surface area contributed by atoms with Crippen molar-refractivity contribution in [3.05, 3.63) is 70.4 Å². The molecule has 3 N–H and O–H groups in total. The molecule has 1 heterocycles. The van der Waals surface area contributed by atoms with E-state index in [9.17, 15) is 14.4 Å². The fourth-order valence-electron chi connectivity index (χ4n) is 2.72. The monoisotopic (exact) mass is 378 g/mol. The smallest absolute Gasteiger partial charge is 0.255 e. The third-order valence-electron chi connectivity index (χ3n) is 4.26. The minimum absolute atomic E-state index is 0.236. The van der Waals surface area contributed by atoms with Crippen LogP contribution >= 0.6 is 11.3 Å². The standard InChI is InChI=1S/C21H18N2O3S/c1-13(25)18(11-24)14-2-4-15(5-3-14)21(26)23-20-10-16(6-7-19(20)22)17-8-9-27-12-17/h2-12,18H,22H2,1H3,(H,23,26). The van der Waals surface area contributed by atoms with Crippen molar-refractivity contribution >= 4 is 40.7 Å². The van der Waals surface area contributed by atoms with Crippen molar-refractivity contribution in [3.63, 3.8) is 0 Å². The summed E-state index contributed by atoms with van der Waals surface area (Å²) in [5.74, 6) is -1.36. The first-order chi connectivity index (χ1) is 13.0. The zero-order valence-corrected chi connectivity index (χ0v) is 15.5. The van der Waals surface area contributed by atoms with Crippen LogP contribution in [-0.4, -0.2) is 18.0 Å². The van der Waals surface area contributed by atoms with Gasteiger partial charge in [-0.25, -0.2) is 0 Å². The summed E-state index contributed by atoms with van der Waals surface area (Å²) in [4.78, 5) is 35.1. The lowest BCUT2D eigenvalue weighted by molar-refractivity contribution is -0.122. The van der Waals surface area contributed by atoms with E-state index >= 15 is 0 Å². The first-order valence-corrected chi connectivity index (χ1v) is 9.23. The molecule has 0 bridgehead atoms. The highest BCUT2D eigenvalue weighted by atomic mass is 32.1. The van der Waals surface area contributed by atoms with E-state index in [1.54, 1.807) is 41.7 Å². The Kier molecular flexibility index (Phi) is 5.47. The number of aldehydes is 1. The highest BCUT2D eigenvalue weighted by Gasteiger charge is 2.16. The molecule has 0 aliphatic heterocycles. The molecule has 3 rings (SSSR count). The highest BCUT2D eigenvalue weighted by molar-refractivity contribution is 7.08. The van der Waals surface area contributed by atoms with Crippen LogP contribution < -0.4 is 11.1 Å². The molecule has 1 amide bonds. The number of thiophene rings is 1. The van der Waals surface area contributed by atoms with Crippen molar-refractivity contribution in [2.24, 2.45) is 0 Å². The molecular weight excluding hydrogens is 360 g/mol. The van der Waals surface area contributed by atoms with Crippen LogP contribution in [0.5, 0.6) is 0 Å². The third kappa shape index (κ3) is 4.12. The lowest BCUT2D eigenvalue weighted by Gasteiger charge is -2.11. The second-order valence-corrected chi connectivity index (χ2v) is 6.89. The van der Waals surface area contributed by atoms with E-state index in [4.69, 9.17) is 5.73 Å². The average molecular weight is 378 g/mol. The molecule has 1 unspecified atom stereocenters. The summed E-state index contributed by atoms with van der Waals surface area (Å²) < 4.78 is 0. The summed E-state index contributed by atoms with van der Waals surface area (Å²) in [6, 6.07) is 13.9. The van der Waals surface area contributed by atoms with Gasteiger partial charge in [-0.2, -0.15) is 11.3 Å². The number of nitrogens with two attached hydrogens (primary N) is 1. The van der Waals surface area contributed by atoms with Crippen LogP contribution in [-0.2, 0) is 9.59 Å². The van der Waals surface area contributed by atoms with E-state index in [-0.39, 0.29) is 11.7 Å². The lowest BCUT2D eigenvalue weighted by atomic mass is 9.96. The molecule has 0 saturated heterocycles. The Hall–Kier alpha value is -3.25. The molecule has 3 aromatic rings. The largest absolute Gasteiger partial charge is 0.397 e. The van der Waals surface area contributed by atoms with Gasteiger partial charge >= 0.3 is 0 Å². The molecule has 0 fully saturated rings. The predicted octanol–water partition coefficient (Wildman–Crippen LogP) is 4.12. The Bertz CT molecular complexity index is 979. The van der Waals surface area contributed by atoms with Crippen molar-refractivity contribution in [3.8, 4) is 11.1 Å². The molecule has 0 radical (unpaired) electrons. The van der Waals surface area contributed by atoms with Gasteiger partial charge in [0.05, 0.1) is 17.3 Å². The second kappa shape index (κ2) is 7.97. The Morgan fingerprint density at radius 3 is 2.41 bits per heavy atom. The van der Waals surface area contributed by atoms with E-state index in [0.717, 1.165) is 11.1 Å². The zero-order chi connectivity index (χ0) is 19.4. The van der Waals surface area contributed by atoms with E-state index in [0.29, 0.717) is 28.8 Å².